The van der Waals surface area contributed by atoms with Gasteiger partial charge in [-0.3, -0.25) is 4.79 Å². The number of alkyl halides is 3. The summed E-state index contributed by atoms with van der Waals surface area (Å²) in [5, 5.41) is -0.737. The van der Waals surface area contributed by atoms with Crippen LogP contribution in [0.25, 0.3) is 0 Å². The van der Waals surface area contributed by atoms with Gasteiger partial charge in [0.25, 0.3) is 5.91 Å². The van der Waals surface area contributed by atoms with Gasteiger partial charge in [0.15, 0.2) is 0 Å². The normalized spacial score (nSPS) is 18.0. The largest absolute Gasteiger partial charge is 0.416 e. The van der Waals surface area contributed by atoms with Gasteiger partial charge in [-0.1, -0.05) is 24.3 Å². The number of carbonyl (C=O) groups excluding carboxylic acids is 1. The van der Waals surface area contributed by atoms with Crippen LogP contribution in [0.2, 0.25) is 0 Å². The second-order valence-electron chi connectivity index (χ2n) is 5.32. The smallest absolute Gasteiger partial charge is 0.322 e. The van der Waals surface area contributed by atoms with Gasteiger partial charge in [0.1, 0.15) is 11.2 Å². The van der Waals surface area contributed by atoms with Crippen LogP contribution >= 0.6 is 11.8 Å². The van der Waals surface area contributed by atoms with E-state index in [-0.39, 0.29) is 11.1 Å². The van der Waals surface area contributed by atoms with Crippen molar-refractivity contribution in [3.05, 3.63) is 71.0 Å². The van der Waals surface area contributed by atoms with Crippen molar-refractivity contribution in [2.24, 2.45) is 0 Å². The summed E-state index contributed by atoms with van der Waals surface area (Å²) in [4.78, 5) is 14.0. The Morgan fingerprint density at radius 2 is 1.88 bits per heavy atom. The summed E-state index contributed by atoms with van der Waals surface area (Å²) in [5.74, 6) is -0.501. The van der Waals surface area contributed by atoms with Crippen molar-refractivity contribution in [3.63, 3.8) is 0 Å². The van der Waals surface area contributed by atoms with E-state index in [1.807, 2.05) is 0 Å². The fourth-order valence-electron chi connectivity index (χ4n) is 2.69. The van der Waals surface area contributed by atoms with Crippen molar-refractivity contribution in [1.82, 2.24) is 4.90 Å². The number of amides is 1. The lowest BCUT2D eigenvalue weighted by molar-refractivity contribution is -0.138. The van der Waals surface area contributed by atoms with E-state index >= 15 is 0 Å². The fourth-order valence-corrected chi connectivity index (χ4v) is 3.99. The van der Waals surface area contributed by atoms with Crippen molar-refractivity contribution in [2.75, 3.05) is 12.3 Å². The molecule has 1 amide bonds. The van der Waals surface area contributed by atoms with Crippen LogP contribution in [-0.4, -0.2) is 23.1 Å². The van der Waals surface area contributed by atoms with E-state index < -0.39 is 28.8 Å². The zero-order valence-corrected chi connectivity index (χ0v) is 13.2. The number of carbonyl (C=O) groups is 1. The molecule has 0 bridgehead atoms. The molecule has 2 aromatic carbocycles. The Bertz CT molecular complexity index is 762. The SMILES string of the molecule is O=C(c1cccc(F)c1)N1CCS[C@@H]1c1ccccc1C(F)(F)F. The number of hydrogen-bond acceptors (Lipinski definition) is 2. The standard InChI is InChI=1S/C17H13F4NOS/c18-12-5-3-4-11(10-12)15(23)22-8-9-24-16(22)13-6-1-2-7-14(13)17(19,20)21/h1-7,10,16H,8-9H2/t16-/m1/s1. The third-order valence-electron chi connectivity index (χ3n) is 3.76. The number of rotatable bonds is 2. The van der Waals surface area contributed by atoms with E-state index in [1.54, 1.807) is 0 Å². The van der Waals surface area contributed by atoms with Gasteiger partial charge >= 0.3 is 6.18 Å². The molecule has 3 rings (SSSR count). The van der Waals surface area contributed by atoms with E-state index in [1.165, 1.54) is 53.1 Å². The maximum absolute atomic E-state index is 13.3. The average Bonchev–Trinajstić information content (AvgIpc) is 3.03. The summed E-state index contributed by atoms with van der Waals surface area (Å²) in [6, 6.07) is 10.4. The van der Waals surface area contributed by atoms with E-state index in [4.69, 9.17) is 0 Å². The Morgan fingerprint density at radius 3 is 2.58 bits per heavy atom. The van der Waals surface area contributed by atoms with Gasteiger partial charge < -0.3 is 4.90 Å². The molecule has 1 aliphatic heterocycles. The van der Waals surface area contributed by atoms with Crippen LogP contribution in [0.1, 0.15) is 26.9 Å². The summed E-state index contributed by atoms with van der Waals surface area (Å²) in [6.45, 7) is 0.316. The molecule has 0 saturated carbocycles. The van der Waals surface area contributed by atoms with E-state index in [9.17, 15) is 22.4 Å². The minimum atomic E-state index is -4.49. The van der Waals surface area contributed by atoms with Gasteiger partial charge in [-0.2, -0.15) is 13.2 Å². The molecular formula is C17H13F4NOS. The highest BCUT2D eigenvalue weighted by Crippen LogP contribution is 2.44. The first kappa shape index (κ1) is 16.8. The maximum Gasteiger partial charge on any atom is 0.416 e. The summed E-state index contributed by atoms with van der Waals surface area (Å²) in [6.07, 6.45) is -4.49. The van der Waals surface area contributed by atoms with Crippen LogP contribution in [0, 0.1) is 5.82 Å². The Hall–Kier alpha value is -2.02. The Balaban J connectivity index is 1.96. The number of thioether (sulfide) groups is 1. The van der Waals surface area contributed by atoms with Crippen molar-refractivity contribution < 1.29 is 22.4 Å². The molecule has 1 fully saturated rings. The van der Waals surface area contributed by atoms with Crippen molar-refractivity contribution in [3.8, 4) is 0 Å². The van der Waals surface area contributed by atoms with Crippen molar-refractivity contribution in [2.45, 2.75) is 11.6 Å². The van der Waals surface area contributed by atoms with Crippen LogP contribution < -0.4 is 0 Å². The van der Waals surface area contributed by atoms with E-state index in [0.717, 1.165) is 12.1 Å². The zero-order valence-electron chi connectivity index (χ0n) is 12.4. The summed E-state index contributed by atoms with van der Waals surface area (Å²) >= 11 is 1.27. The first-order chi connectivity index (χ1) is 11.4. The van der Waals surface area contributed by atoms with Crippen LogP contribution in [-0.2, 0) is 6.18 Å². The molecule has 0 aromatic heterocycles. The van der Waals surface area contributed by atoms with Crippen LogP contribution in [0.4, 0.5) is 17.6 Å². The van der Waals surface area contributed by atoms with E-state index in [0.29, 0.717) is 12.3 Å². The fraction of sp³-hybridized carbons (Fsp3) is 0.235. The molecule has 7 heteroatoms. The quantitative estimate of drug-likeness (QED) is 0.726. The topological polar surface area (TPSA) is 20.3 Å². The van der Waals surface area contributed by atoms with Crippen molar-refractivity contribution in [1.29, 1.82) is 0 Å². The second kappa shape index (κ2) is 6.47. The lowest BCUT2D eigenvalue weighted by atomic mass is 10.1. The van der Waals surface area contributed by atoms with Gasteiger partial charge in [-0.25, -0.2) is 4.39 Å². The number of hydrogen-bond donors (Lipinski definition) is 0. The minimum absolute atomic E-state index is 0.0530. The third kappa shape index (κ3) is 3.26. The average molecular weight is 355 g/mol. The predicted molar refractivity (Wildman–Crippen MR) is 84.1 cm³/mol. The van der Waals surface area contributed by atoms with Gasteiger partial charge in [0.2, 0.25) is 0 Å². The van der Waals surface area contributed by atoms with Crippen LogP contribution in [0.3, 0.4) is 0 Å². The molecule has 2 aromatic rings. The lowest BCUT2D eigenvalue weighted by Crippen LogP contribution is -2.31. The van der Waals surface area contributed by atoms with Crippen molar-refractivity contribution >= 4 is 17.7 Å². The molecule has 0 spiro atoms. The summed E-state index contributed by atoms with van der Waals surface area (Å²) < 4.78 is 53.1. The van der Waals surface area contributed by atoms with Gasteiger partial charge in [-0.05, 0) is 29.8 Å². The minimum Gasteiger partial charge on any atom is -0.322 e. The molecule has 0 unspecified atom stereocenters. The molecule has 0 radical (unpaired) electrons. The van der Waals surface area contributed by atoms with Gasteiger partial charge in [-0.15, -0.1) is 11.8 Å². The molecule has 1 aliphatic rings. The second-order valence-corrected chi connectivity index (χ2v) is 6.51. The maximum atomic E-state index is 13.3. The molecular weight excluding hydrogens is 342 g/mol. The Morgan fingerprint density at radius 1 is 1.12 bits per heavy atom. The number of nitrogens with zero attached hydrogens (tertiary/aromatic N) is 1. The molecule has 24 heavy (non-hydrogen) atoms. The van der Waals surface area contributed by atoms with Gasteiger partial charge in [0, 0.05) is 17.9 Å². The molecule has 0 N–H and O–H groups in total. The highest BCUT2D eigenvalue weighted by Gasteiger charge is 2.39. The first-order valence-corrected chi connectivity index (χ1v) is 8.27. The first-order valence-electron chi connectivity index (χ1n) is 7.22. The highest BCUT2D eigenvalue weighted by atomic mass is 32.2. The molecule has 126 valence electrons. The Kier molecular flexibility index (Phi) is 4.54. The molecule has 1 saturated heterocycles. The molecule has 1 heterocycles. The Labute approximate surface area is 140 Å². The summed E-state index contributed by atoms with van der Waals surface area (Å²) in [7, 11) is 0. The highest BCUT2D eigenvalue weighted by molar-refractivity contribution is 7.99. The number of benzene rings is 2. The van der Waals surface area contributed by atoms with Crippen LogP contribution in [0.5, 0.6) is 0 Å². The third-order valence-corrected chi connectivity index (χ3v) is 5.00. The number of halogens is 4. The summed E-state index contributed by atoms with van der Waals surface area (Å²) in [5.41, 5.74) is -0.564. The van der Waals surface area contributed by atoms with Gasteiger partial charge in [0.05, 0.1) is 5.56 Å². The van der Waals surface area contributed by atoms with Crippen LogP contribution in [0.15, 0.2) is 48.5 Å². The lowest BCUT2D eigenvalue weighted by Gasteiger charge is -2.26. The van der Waals surface area contributed by atoms with E-state index in [2.05, 4.69) is 0 Å². The molecule has 0 aliphatic carbocycles. The zero-order chi connectivity index (χ0) is 17.3. The monoisotopic (exact) mass is 355 g/mol. The predicted octanol–water partition coefficient (Wildman–Crippen LogP) is 4.73. The molecule has 1 atom stereocenters. The molecule has 2 nitrogen and oxygen atoms in total.